The van der Waals surface area contributed by atoms with Crippen molar-refractivity contribution in [3.8, 4) is 0 Å². The van der Waals surface area contributed by atoms with Crippen LogP contribution in [-0.2, 0) is 9.53 Å². The second-order valence-electron chi connectivity index (χ2n) is 7.05. The molecule has 1 aliphatic heterocycles. The van der Waals surface area contributed by atoms with Gasteiger partial charge in [-0.1, -0.05) is 32.5 Å². The van der Waals surface area contributed by atoms with Gasteiger partial charge in [0.15, 0.2) is 5.12 Å². The van der Waals surface area contributed by atoms with Crippen LogP contribution in [0.1, 0.15) is 26.1 Å². The van der Waals surface area contributed by atoms with Crippen molar-refractivity contribution in [1.82, 2.24) is 9.55 Å². The molecule has 1 aromatic rings. The molecule has 2 heterocycles. The van der Waals surface area contributed by atoms with Crippen molar-refractivity contribution in [3.05, 3.63) is 22.7 Å². The quantitative estimate of drug-likeness (QED) is 0.581. The highest BCUT2D eigenvalue weighted by Crippen LogP contribution is 2.41. The first-order chi connectivity index (χ1) is 12.1. The number of hydrogen-bond acceptors (Lipinski definition) is 9. The number of nitrogens with two attached hydrogens (primary N) is 1. The molecule has 0 spiro atoms. The van der Waals surface area contributed by atoms with Gasteiger partial charge in [0.05, 0.1) is 24.6 Å². The van der Waals surface area contributed by atoms with E-state index in [4.69, 9.17) is 10.5 Å². The molecule has 0 aromatic carbocycles. The van der Waals surface area contributed by atoms with Gasteiger partial charge in [-0.05, 0) is 6.07 Å². The lowest BCUT2D eigenvalue weighted by Crippen LogP contribution is -2.36. The molecule has 0 radical (unpaired) electrons. The first-order valence-corrected chi connectivity index (χ1v) is 10.2. The molecule has 1 aliphatic rings. The van der Waals surface area contributed by atoms with E-state index in [1.54, 1.807) is 0 Å². The van der Waals surface area contributed by atoms with E-state index in [9.17, 15) is 19.8 Å². The van der Waals surface area contributed by atoms with Crippen LogP contribution in [-0.4, -0.2) is 61.3 Å². The van der Waals surface area contributed by atoms with Crippen molar-refractivity contribution in [2.24, 2.45) is 5.41 Å². The fourth-order valence-corrected chi connectivity index (χ4v) is 4.61. The Kier molecular flexibility index (Phi) is 7.14. The summed E-state index contributed by atoms with van der Waals surface area (Å²) in [5.74, 6) is 0.628. The number of hydrogen-bond donors (Lipinski definition) is 3. The number of carbonyl (C=O) groups excluding carboxylic acids is 1. The third kappa shape index (κ3) is 5.23. The van der Waals surface area contributed by atoms with Gasteiger partial charge < -0.3 is 20.7 Å². The number of nitrogen functional groups attached to an aromatic ring is 1. The molecular weight excluding hydrogens is 378 g/mol. The van der Waals surface area contributed by atoms with Crippen LogP contribution in [0.2, 0.25) is 0 Å². The van der Waals surface area contributed by atoms with E-state index in [1.807, 2.05) is 20.8 Å². The van der Waals surface area contributed by atoms with Gasteiger partial charge in [0.2, 0.25) is 0 Å². The van der Waals surface area contributed by atoms with Crippen molar-refractivity contribution < 1.29 is 19.7 Å². The number of ether oxygens (including phenoxy) is 1. The Labute approximate surface area is 160 Å². The number of carbonyl (C=O) groups is 1. The summed E-state index contributed by atoms with van der Waals surface area (Å²) < 4.78 is 6.80. The lowest BCUT2D eigenvalue weighted by Gasteiger charge is -2.17. The molecule has 4 atom stereocenters. The molecule has 146 valence electrons. The molecule has 4 N–H and O–H groups in total. The lowest BCUT2D eigenvalue weighted by atomic mass is 10.00. The predicted molar refractivity (Wildman–Crippen MR) is 103 cm³/mol. The first-order valence-electron chi connectivity index (χ1n) is 8.22. The van der Waals surface area contributed by atoms with E-state index in [-0.39, 0.29) is 28.2 Å². The van der Waals surface area contributed by atoms with Crippen molar-refractivity contribution in [2.75, 3.05) is 24.7 Å². The number of aliphatic hydroxyl groups is 2. The van der Waals surface area contributed by atoms with Crippen LogP contribution in [0.5, 0.6) is 0 Å². The van der Waals surface area contributed by atoms with Gasteiger partial charge in [-0.2, -0.15) is 4.98 Å². The van der Waals surface area contributed by atoms with Gasteiger partial charge in [0, 0.05) is 17.4 Å². The fraction of sp³-hybridized carbons (Fsp3) is 0.688. The molecule has 0 aliphatic carbocycles. The predicted octanol–water partition coefficient (Wildman–Crippen LogP) is 0.484. The SMILES string of the molecule is CC(C)(C)C(=O)SCCOC[C@H]1S[C@@H](n2ccc(N)nc2=O)C(O)C1O. The first kappa shape index (κ1) is 21.2. The molecule has 1 fully saturated rings. The smallest absolute Gasteiger partial charge is 0.350 e. The van der Waals surface area contributed by atoms with E-state index >= 15 is 0 Å². The summed E-state index contributed by atoms with van der Waals surface area (Å²) in [6.07, 6.45) is -0.692. The molecule has 2 rings (SSSR count). The highest BCUT2D eigenvalue weighted by atomic mass is 32.2. The summed E-state index contributed by atoms with van der Waals surface area (Å²) in [6, 6.07) is 1.47. The summed E-state index contributed by atoms with van der Waals surface area (Å²) in [5, 5.41) is 19.5. The van der Waals surface area contributed by atoms with Crippen LogP contribution in [0.4, 0.5) is 5.82 Å². The van der Waals surface area contributed by atoms with Gasteiger partial charge >= 0.3 is 5.69 Å². The zero-order chi connectivity index (χ0) is 19.5. The molecule has 1 aromatic heterocycles. The summed E-state index contributed by atoms with van der Waals surface area (Å²) in [4.78, 5) is 27.4. The highest BCUT2D eigenvalue weighted by Gasteiger charge is 2.43. The Morgan fingerprint density at radius 2 is 2.12 bits per heavy atom. The zero-order valence-corrected chi connectivity index (χ0v) is 16.6. The number of nitrogens with zero attached hydrogens (tertiary/aromatic N) is 2. The fourth-order valence-electron chi connectivity index (χ4n) is 2.33. The van der Waals surface area contributed by atoms with E-state index in [0.29, 0.717) is 12.4 Å². The van der Waals surface area contributed by atoms with Gasteiger partial charge in [-0.3, -0.25) is 9.36 Å². The van der Waals surface area contributed by atoms with E-state index in [2.05, 4.69) is 4.98 Å². The summed E-state index contributed by atoms with van der Waals surface area (Å²) in [5.41, 5.74) is 4.50. The van der Waals surface area contributed by atoms with E-state index < -0.39 is 23.3 Å². The van der Waals surface area contributed by atoms with Gasteiger partial charge in [0.1, 0.15) is 17.3 Å². The molecule has 0 saturated carbocycles. The third-order valence-electron chi connectivity index (χ3n) is 3.82. The Morgan fingerprint density at radius 3 is 2.73 bits per heavy atom. The zero-order valence-electron chi connectivity index (χ0n) is 15.0. The number of rotatable bonds is 6. The molecule has 8 nitrogen and oxygen atoms in total. The Hall–Kier alpha value is -1.07. The van der Waals surface area contributed by atoms with Crippen molar-refractivity contribution >= 4 is 34.5 Å². The topological polar surface area (TPSA) is 128 Å². The Bertz CT molecular complexity index is 691. The molecular formula is C16H25N3O5S2. The summed E-state index contributed by atoms with van der Waals surface area (Å²) in [7, 11) is 0. The molecule has 26 heavy (non-hydrogen) atoms. The normalized spacial score (nSPS) is 26.2. The third-order valence-corrected chi connectivity index (χ3v) is 6.61. The Morgan fingerprint density at radius 1 is 1.42 bits per heavy atom. The van der Waals surface area contributed by atoms with Gasteiger partial charge in [-0.15, -0.1) is 11.8 Å². The van der Waals surface area contributed by atoms with Gasteiger partial charge in [0.25, 0.3) is 0 Å². The second kappa shape index (κ2) is 8.75. The van der Waals surface area contributed by atoms with Crippen molar-refractivity contribution in [2.45, 2.75) is 43.6 Å². The van der Waals surface area contributed by atoms with Crippen LogP contribution in [0, 0.1) is 5.41 Å². The minimum absolute atomic E-state index is 0.0992. The molecule has 0 bridgehead atoms. The van der Waals surface area contributed by atoms with Crippen molar-refractivity contribution in [1.29, 1.82) is 0 Å². The van der Waals surface area contributed by atoms with Crippen LogP contribution in [0.15, 0.2) is 17.1 Å². The summed E-state index contributed by atoms with van der Waals surface area (Å²) in [6.45, 7) is 6.17. The van der Waals surface area contributed by atoms with Gasteiger partial charge in [-0.25, -0.2) is 4.79 Å². The number of aromatic nitrogens is 2. The maximum Gasteiger partial charge on any atom is 0.350 e. The van der Waals surface area contributed by atoms with Crippen LogP contribution in [0.25, 0.3) is 0 Å². The number of anilines is 1. The molecule has 1 saturated heterocycles. The van der Waals surface area contributed by atoms with E-state index in [1.165, 1.54) is 40.4 Å². The lowest BCUT2D eigenvalue weighted by molar-refractivity contribution is -0.117. The average Bonchev–Trinajstić information content (AvgIpc) is 2.82. The monoisotopic (exact) mass is 403 g/mol. The van der Waals surface area contributed by atoms with Crippen molar-refractivity contribution in [3.63, 3.8) is 0 Å². The van der Waals surface area contributed by atoms with Crippen LogP contribution in [0.3, 0.4) is 0 Å². The highest BCUT2D eigenvalue weighted by molar-refractivity contribution is 8.13. The average molecular weight is 404 g/mol. The molecule has 2 unspecified atom stereocenters. The molecule has 0 amide bonds. The Balaban J connectivity index is 1.84. The minimum atomic E-state index is -1.12. The maximum absolute atomic E-state index is 11.9. The number of aliphatic hydroxyl groups excluding tert-OH is 2. The largest absolute Gasteiger partial charge is 0.389 e. The molecule has 10 heteroatoms. The van der Waals surface area contributed by atoms with Crippen LogP contribution >= 0.6 is 23.5 Å². The van der Waals surface area contributed by atoms with E-state index in [0.717, 1.165) is 0 Å². The standard InChI is InChI=1S/C16H25N3O5S2/c1-16(2,3)14(22)25-7-6-24-8-9-11(20)12(21)13(26-9)19-5-4-10(17)18-15(19)23/h4-5,9,11-13,20-21H,6-8H2,1-3H3,(H2,17,18,23)/t9-,11?,12?,13-/m1/s1. The minimum Gasteiger partial charge on any atom is -0.389 e. The second-order valence-corrected chi connectivity index (χ2v) is 9.48. The number of thioether (sulfide) groups is 2. The maximum atomic E-state index is 11.9. The summed E-state index contributed by atoms with van der Waals surface area (Å²) >= 11 is 2.47. The van der Waals surface area contributed by atoms with Crippen LogP contribution < -0.4 is 11.4 Å².